The van der Waals surface area contributed by atoms with Gasteiger partial charge in [0.25, 0.3) is 46.4 Å². The summed E-state index contributed by atoms with van der Waals surface area (Å²) >= 11 is 0. The first-order valence-electron chi connectivity index (χ1n) is 19.3. The van der Waals surface area contributed by atoms with E-state index in [9.17, 15) is 61.5 Å². The molecule has 26 heteroatoms. The van der Waals surface area contributed by atoms with Crippen molar-refractivity contribution in [2.24, 2.45) is 25.6 Å². The molecular weight excluding hydrogens is 981 g/mol. The SMILES string of the molecule is Nc1ccc(N=Nc2ccc(N=Nc3ccc(NN=C4C(=O)c5ccc(NC(=O)c6ccccc6)cc5C=C4S(=O)(=O)O)c4ccc(S(=O)(=O)O)cc34)c3ccc(S(=O)(=O)O)cc23)cc1S(=O)(=O)O. The van der Waals surface area contributed by atoms with Crippen molar-refractivity contribution in [1.82, 2.24) is 0 Å². The lowest BCUT2D eigenvalue weighted by Crippen LogP contribution is -2.27. The van der Waals surface area contributed by atoms with Gasteiger partial charge in [0.05, 0.1) is 43.9 Å². The van der Waals surface area contributed by atoms with Crippen molar-refractivity contribution in [2.45, 2.75) is 14.7 Å². The number of allylic oxidation sites excluding steroid dienone is 1. The molecule has 0 aliphatic heterocycles. The Morgan fingerprint density at radius 3 is 1.74 bits per heavy atom. The monoisotopic (exact) mass is 1010 g/mol. The van der Waals surface area contributed by atoms with Crippen LogP contribution in [-0.4, -0.2) is 69.3 Å². The third kappa shape index (κ3) is 10.2. The minimum absolute atomic E-state index is 0.00571. The Morgan fingerprint density at radius 1 is 0.551 bits per heavy atom. The molecule has 8 N–H and O–H groups in total. The lowest BCUT2D eigenvalue weighted by Gasteiger charge is -2.18. The predicted molar refractivity (Wildman–Crippen MR) is 252 cm³/mol. The standard InChI is InChI=1S/C43H30N8O14S4/c44-34-13-7-26(20-39(34)68(60,61)62)46-47-37-16-14-35(30-11-8-27(21-32(30)37)66(54,55)56)48-49-38-17-15-36(31-12-9-28(22-33(31)38)67(57,58)59)50-51-41-40(69(63,64)65)19-24-18-25(6-10-29(24)42(41)52)45-43(53)23-4-2-1-3-5-23/h1-22,50H,44H2,(H,45,53)(H,54,55,56)(H,57,58,59)(H,60,61,62)(H,63,64,65). The molecule has 0 atom stereocenters. The number of nitrogens with one attached hydrogen (secondary N) is 2. The molecule has 22 nitrogen and oxygen atoms in total. The summed E-state index contributed by atoms with van der Waals surface area (Å²) in [4.78, 5) is 23.9. The van der Waals surface area contributed by atoms with Crippen LogP contribution in [0.3, 0.4) is 0 Å². The molecule has 0 saturated carbocycles. The van der Waals surface area contributed by atoms with Crippen molar-refractivity contribution < 1.29 is 61.5 Å². The molecule has 0 unspecified atom stereocenters. The number of carbonyl (C=O) groups is 2. The van der Waals surface area contributed by atoms with Gasteiger partial charge in [-0.25, -0.2) is 0 Å². The number of nitrogens with two attached hydrogens (primary N) is 1. The molecule has 0 radical (unpaired) electrons. The van der Waals surface area contributed by atoms with Crippen LogP contribution in [0.5, 0.6) is 0 Å². The van der Waals surface area contributed by atoms with E-state index in [1.807, 2.05) is 0 Å². The van der Waals surface area contributed by atoms with Gasteiger partial charge in [-0.1, -0.05) is 30.3 Å². The first-order valence-corrected chi connectivity index (χ1v) is 25.1. The average Bonchev–Trinajstić information content (AvgIpc) is 3.29. The Balaban J connectivity index is 1.16. The summed E-state index contributed by atoms with van der Waals surface area (Å²) in [6.45, 7) is 0. The highest BCUT2D eigenvalue weighted by molar-refractivity contribution is 7.91. The van der Waals surface area contributed by atoms with Gasteiger partial charge in [0.1, 0.15) is 9.80 Å². The molecule has 1 aliphatic carbocycles. The second-order valence-electron chi connectivity index (χ2n) is 14.7. The van der Waals surface area contributed by atoms with Crippen molar-refractivity contribution in [2.75, 3.05) is 16.5 Å². The zero-order valence-electron chi connectivity index (χ0n) is 34.5. The number of rotatable bonds is 12. The molecule has 7 aromatic rings. The highest BCUT2D eigenvalue weighted by atomic mass is 32.2. The van der Waals surface area contributed by atoms with E-state index in [-0.39, 0.29) is 72.5 Å². The molecule has 69 heavy (non-hydrogen) atoms. The summed E-state index contributed by atoms with van der Waals surface area (Å²) in [6, 6.07) is 27.8. The number of hydrogen-bond acceptors (Lipinski definition) is 17. The molecule has 0 heterocycles. The van der Waals surface area contributed by atoms with Gasteiger partial charge in [0, 0.05) is 38.4 Å². The van der Waals surface area contributed by atoms with E-state index in [4.69, 9.17) is 5.73 Å². The highest BCUT2D eigenvalue weighted by Gasteiger charge is 2.33. The van der Waals surface area contributed by atoms with E-state index in [1.165, 1.54) is 60.7 Å². The topological polar surface area (TPSA) is 363 Å². The third-order valence-corrected chi connectivity index (χ3v) is 13.7. The minimum atomic E-state index is -5.12. The van der Waals surface area contributed by atoms with Crippen LogP contribution in [0.2, 0.25) is 0 Å². The second-order valence-corrected chi connectivity index (χ2v) is 20.3. The molecule has 7 aromatic carbocycles. The molecule has 1 amide bonds. The number of nitrogens with zero attached hydrogens (tertiary/aromatic N) is 5. The number of ketones is 1. The van der Waals surface area contributed by atoms with Crippen LogP contribution in [0.1, 0.15) is 26.3 Å². The first kappa shape index (κ1) is 47.5. The van der Waals surface area contributed by atoms with E-state index < -0.39 is 77.5 Å². The van der Waals surface area contributed by atoms with Crippen molar-refractivity contribution in [3.8, 4) is 0 Å². The number of azo groups is 2. The van der Waals surface area contributed by atoms with Crippen molar-refractivity contribution in [3.05, 3.63) is 149 Å². The summed E-state index contributed by atoms with van der Waals surface area (Å²) in [6.07, 6.45) is 0.995. The Labute approximate surface area is 390 Å². The summed E-state index contributed by atoms with van der Waals surface area (Å²) < 4.78 is 137. The summed E-state index contributed by atoms with van der Waals surface area (Å²) in [5.74, 6) is -1.41. The number of amides is 1. The molecule has 8 rings (SSSR count). The number of nitrogen functional groups attached to an aromatic ring is 1. The lowest BCUT2D eigenvalue weighted by molar-refractivity contribution is 0.102. The normalized spacial score (nSPS) is 14.1. The third-order valence-electron chi connectivity index (χ3n) is 10.2. The maximum Gasteiger partial charge on any atom is 0.296 e. The van der Waals surface area contributed by atoms with Crippen molar-refractivity contribution in [3.63, 3.8) is 0 Å². The van der Waals surface area contributed by atoms with E-state index in [0.717, 1.165) is 42.5 Å². The van der Waals surface area contributed by atoms with Gasteiger partial charge in [-0.15, -0.1) is 15.3 Å². The van der Waals surface area contributed by atoms with E-state index in [2.05, 4.69) is 36.3 Å². The van der Waals surface area contributed by atoms with Gasteiger partial charge in [-0.3, -0.25) is 33.2 Å². The molecular formula is C43H30N8O14S4. The quantitative estimate of drug-likeness (QED) is 0.0262. The van der Waals surface area contributed by atoms with Crippen LogP contribution in [-0.2, 0) is 40.5 Å². The number of Topliss-reactive ketones (excluding diaryl/α,β-unsaturated/α-hetero) is 1. The molecule has 0 spiro atoms. The lowest BCUT2D eigenvalue weighted by atomic mass is 9.94. The van der Waals surface area contributed by atoms with Crippen LogP contribution in [0.25, 0.3) is 27.6 Å². The number of hydrogen-bond donors (Lipinski definition) is 7. The Kier molecular flexibility index (Phi) is 12.4. The predicted octanol–water partition coefficient (Wildman–Crippen LogP) is 8.29. The Bertz CT molecular complexity index is 3960. The molecule has 0 bridgehead atoms. The van der Waals surface area contributed by atoms with Gasteiger partial charge in [0.2, 0.25) is 5.78 Å². The van der Waals surface area contributed by atoms with Gasteiger partial charge < -0.3 is 11.1 Å². The molecule has 0 saturated heterocycles. The second kappa shape index (κ2) is 17.9. The summed E-state index contributed by atoms with van der Waals surface area (Å²) in [5, 5.41) is 23.8. The summed E-state index contributed by atoms with van der Waals surface area (Å²) in [5.41, 5.74) is 7.77. The fraction of sp³-hybridized carbons (Fsp3) is 0. The zero-order chi connectivity index (χ0) is 49.6. The smallest absolute Gasteiger partial charge is 0.296 e. The number of anilines is 3. The van der Waals surface area contributed by atoms with Crippen LogP contribution >= 0.6 is 0 Å². The number of carbonyl (C=O) groups excluding carboxylic acids is 2. The molecule has 350 valence electrons. The Hall–Kier alpha value is -7.95. The van der Waals surface area contributed by atoms with E-state index in [1.54, 1.807) is 30.3 Å². The molecule has 1 aliphatic rings. The van der Waals surface area contributed by atoms with Crippen molar-refractivity contribution in [1.29, 1.82) is 0 Å². The van der Waals surface area contributed by atoms with Crippen LogP contribution in [0.4, 0.5) is 39.8 Å². The number of fused-ring (bicyclic) bond motifs is 3. The van der Waals surface area contributed by atoms with Crippen LogP contribution in [0, 0.1) is 0 Å². The largest absolute Gasteiger partial charge is 0.398 e. The van der Waals surface area contributed by atoms with E-state index >= 15 is 0 Å². The highest BCUT2D eigenvalue weighted by Crippen LogP contribution is 2.40. The number of benzene rings is 7. The number of hydrazone groups is 1. The fourth-order valence-corrected chi connectivity index (χ4v) is 9.25. The van der Waals surface area contributed by atoms with Crippen molar-refractivity contribution >= 4 is 125 Å². The zero-order valence-corrected chi connectivity index (χ0v) is 37.8. The first-order chi connectivity index (χ1) is 32.5. The Morgan fingerprint density at radius 2 is 1.13 bits per heavy atom. The van der Waals surface area contributed by atoms with E-state index in [0.29, 0.717) is 5.56 Å². The van der Waals surface area contributed by atoms with Crippen LogP contribution in [0.15, 0.2) is 173 Å². The fourth-order valence-electron chi connectivity index (χ4n) is 6.94. The summed E-state index contributed by atoms with van der Waals surface area (Å²) in [7, 11) is -19.4. The molecule has 0 aromatic heterocycles. The maximum atomic E-state index is 13.8. The minimum Gasteiger partial charge on any atom is -0.398 e. The van der Waals surface area contributed by atoms with Gasteiger partial charge in [-0.2, -0.15) is 43.9 Å². The van der Waals surface area contributed by atoms with Gasteiger partial charge in [-0.05, 0) is 109 Å². The average molecular weight is 1010 g/mol. The van der Waals surface area contributed by atoms with Gasteiger partial charge >= 0.3 is 0 Å². The molecule has 0 fully saturated rings. The van der Waals surface area contributed by atoms with Crippen LogP contribution < -0.4 is 16.5 Å². The maximum absolute atomic E-state index is 13.8. The van der Waals surface area contributed by atoms with Gasteiger partial charge in [0.15, 0.2) is 5.71 Å².